The van der Waals surface area contributed by atoms with E-state index >= 15 is 0 Å². The first-order valence-electron chi connectivity index (χ1n) is 4.20. The van der Waals surface area contributed by atoms with E-state index in [1.54, 1.807) is 45.2 Å². The van der Waals surface area contributed by atoms with E-state index in [-0.39, 0.29) is 0 Å². The van der Waals surface area contributed by atoms with Gasteiger partial charge in [-0.3, -0.25) is 0 Å². The Bertz CT molecular complexity index is 611. The minimum atomic E-state index is 0.482. The molecule has 0 N–H and O–H groups in total. The molecule has 0 saturated heterocycles. The van der Waals surface area contributed by atoms with Crippen molar-refractivity contribution in [2.24, 2.45) is 0 Å². The fourth-order valence-electron chi connectivity index (χ4n) is 1.49. The van der Waals surface area contributed by atoms with Crippen LogP contribution >= 0.6 is 68.5 Å². The van der Waals surface area contributed by atoms with E-state index in [0.29, 0.717) is 10.7 Å². The summed E-state index contributed by atoms with van der Waals surface area (Å²) >= 11 is 8.80. The molecule has 1 aromatic heterocycles. The Kier molecular flexibility index (Phi) is 4.74. The maximum atomic E-state index is 9.06. The van der Waals surface area contributed by atoms with Crippen LogP contribution in [-0.2, 0) is 2.51 Å². The SMILES string of the molecule is N#Cc1cc2cc(Cl)cc(SCl)c2n1SOI. The average Bonchev–Trinajstić information content (AvgIpc) is 2.66. The summed E-state index contributed by atoms with van der Waals surface area (Å²) in [7, 11) is 6.87. The van der Waals surface area contributed by atoms with Gasteiger partial charge in [-0.25, -0.2) is 6.48 Å². The van der Waals surface area contributed by atoms with Gasteiger partial charge in [0.1, 0.15) is 47.0 Å². The highest BCUT2D eigenvalue weighted by molar-refractivity contribution is 14.1. The lowest BCUT2D eigenvalue weighted by molar-refractivity contribution is 0.829. The molecule has 0 aliphatic rings. The molecule has 8 heteroatoms. The van der Waals surface area contributed by atoms with Gasteiger partial charge in [0.05, 0.1) is 10.4 Å². The zero-order chi connectivity index (χ0) is 12.4. The molecule has 2 aromatic rings. The van der Waals surface area contributed by atoms with Crippen LogP contribution in [0.25, 0.3) is 10.9 Å². The van der Waals surface area contributed by atoms with Crippen molar-refractivity contribution in [2.45, 2.75) is 4.90 Å². The molecule has 1 aromatic carbocycles. The number of nitriles is 1. The van der Waals surface area contributed by atoms with Crippen molar-refractivity contribution < 1.29 is 2.51 Å². The summed E-state index contributed by atoms with van der Waals surface area (Å²) in [5, 5.41) is 10.5. The maximum absolute atomic E-state index is 9.06. The molecular formula is C9H3Cl2IN2OS2. The standard InChI is InChI=1S/C9H3Cl2IN2OS2/c10-6-1-5-2-7(4-13)14(17-15-12)9(5)8(3-6)16-11/h1-3H. The van der Waals surface area contributed by atoms with Gasteiger partial charge in [0.2, 0.25) is 0 Å². The highest BCUT2D eigenvalue weighted by atomic mass is 127. The molecule has 0 saturated carbocycles. The minimum Gasteiger partial charge on any atom is -0.249 e. The number of halogens is 3. The number of hydrogen-bond acceptors (Lipinski definition) is 4. The van der Waals surface area contributed by atoms with Gasteiger partial charge >= 0.3 is 0 Å². The van der Waals surface area contributed by atoms with Crippen LogP contribution in [0.5, 0.6) is 0 Å². The van der Waals surface area contributed by atoms with Crippen molar-refractivity contribution in [3.63, 3.8) is 0 Å². The molecule has 3 nitrogen and oxygen atoms in total. The van der Waals surface area contributed by atoms with Crippen molar-refractivity contribution in [1.29, 1.82) is 5.26 Å². The van der Waals surface area contributed by atoms with Crippen LogP contribution < -0.4 is 0 Å². The van der Waals surface area contributed by atoms with E-state index in [1.807, 2.05) is 0 Å². The van der Waals surface area contributed by atoms with E-state index in [9.17, 15) is 0 Å². The first-order chi connectivity index (χ1) is 8.21. The normalized spacial score (nSPS) is 10.7. The summed E-state index contributed by atoms with van der Waals surface area (Å²) in [6, 6.07) is 7.40. The van der Waals surface area contributed by atoms with Crippen LogP contribution in [0.1, 0.15) is 5.69 Å². The van der Waals surface area contributed by atoms with Crippen LogP contribution in [0, 0.1) is 11.3 Å². The van der Waals surface area contributed by atoms with E-state index in [2.05, 4.69) is 6.07 Å². The fraction of sp³-hybridized carbons (Fsp3) is 0. The van der Waals surface area contributed by atoms with Gasteiger partial charge < -0.3 is 0 Å². The van der Waals surface area contributed by atoms with Crippen LogP contribution in [0.3, 0.4) is 0 Å². The summed E-state index contributed by atoms with van der Waals surface area (Å²) in [4.78, 5) is 0.789. The van der Waals surface area contributed by atoms with Crippen molar-refractivity contribution in [2.75, 3.05) is 0 Å². The molecule has 17 heavy (non-hydrogen) atoms. The van der Waals surface area contributed by atoms with Crippen molar-refractivity contribution in [1.82, 2.24) is 3.97 Å². The number of fused-ring (bicyclic) bond motifs is 1. The summed E-state index contributed by atoms with van der Waals surface area (Å²) in [6.45, 7) is 0. The maximum Gasteiger partial charge on any atom is 0.133 e. The predicted molar refractivity (Wildman–Crippen MR) is 81.5 cm³/mol. The number of aromatic nitrogens is 1. The Labute approximate surface area is 130 Å². The topological polar surface area (TPSA) is 38.0 Å². The quantitative estimate of drug-likeness (QED) is 0.509. The molecule has 0 atom stereocenters. The summed E-state index contributed by atoms with van der Waals surface area (Å²) in [5.41, 5.74) is 1.31. The molecule has 0 bridgehead atoms. The molecule has 88 valence electrons. The zero-order valence-electron chi connectivity index (χ0n) is 7.99. The molecule has 0 fully saturated rings. The first kappa shape index (κ1) is 13.6. The predicted octanol–water partition coefficient (Wildman–Crippen LogP) is 5.19. The third-order valence-electron chi connectivity index (χ3n) is 2.08. The lowest BCUT2D eigenvalue weighted by atomic mass is 10.2. The van der Waals surface area contributed by atoms with Gasteiger partial charge in [0, 0.05) is 10.4 Å². The van der Waals surface area contributed by atoms with Crippen LogP contribution in [0.2, 0.25) is 5.02 Å². The Morgan fingerprint density at radius 1 is 1.41 bits per heavy atom. The van der Waals surface area contributed by atoms with E-state index < -0.39 is 0 Å². The second kappa shape index (κ2) is 5.91. The summed E-state index contributed by atoms with van der Waals surface area (Å²) in [6.07, 6.45) is 0. The third-order valence-corrected chi connectivity index (χ3v) is 4.35. The molecule has 1 heterocycles. The Hall–Kier alpha value is 0.220. The smallest absolute Gasteiger partial charge is 0.133 e. The number of rotatable bonds is 3. The van der Waals surface area contributed by atoms with E-state index in [4.69, 9.17) is 30.1 Å². The Morgan fingerprint density at radius 3 is 2.76 bits per heavy atom. The van der Waals surface area contributed by atoms with Crippen LogP contribution in [0.15, 0.2) is 23.1 Å². The zero-order valence-corrected chi connectivity index (χ0v) is 13.3. The van der Waals surface area contributed by atoms with Crippen molar-refractivity contribution in [3.05, 3.63) is 28.9 Å². The highest BCUT2D eigenvalue weighted by Gasteiger charge is 2.14. The second-order valence-corrected chi connectivity index (χ2v) is 6.20. The van der Waals surface area contributed by atoms with E-state index in [1.165, 1.54) is 0 Å². The fourth-order valence-corrected chi connectivity index (χ4v) is 3.64. The van der Waals surface area contributed by atoms with Crippen LogP contribution in [-0.4, -0.2) is 3.97 Å². The van der Waals surface area contributed by atoms with Crippen LogP contribution in [0.4, 0.5) is 0 Å². The molecule has 0 radical (unpaired) electrons. The summed E-state index contributed by atoms with van der Waals surface area (Å²) < 4.78 is 6.66. The second-order valence-electron chi connectivity index (χ2n) is 2.99. The van der Waals surface area contributed by atoms with E-state index in [0.717, 1.165) is 39.0 Å². The molecule has 2 rings (SSSR count). The van der Waals surface area contributed by atoms with Gasteiger partial charge in [-0.1, -0.05) is 11.6 Å². The number of nitrogens with zero attached hydrogens (tertiary/aromatic N) is 2. The third kappa shape index (κ3) is 2.64. The van der Waals surface area contributed by atoms with Gasteiger partial charge in [-0.15, -0.1) is 0 Å². The molecule has 0 amide bonds. The van der Waals surface area contributed by atoms with Crippen molar-refractivity contribution >= 4 is 79.4 Å². The molecular weight excluding hydrogens is 414 g/mol. The van der Waals surface area contributed by atoms with Gasteiger partial charge in [-0.2, -0.15) is 5.26 Å². The summed E-state index contributed by atoms with van der Waals surface area (Å²) in [5.74, 6) is 0. The van der Waals surface area contributed by atoms with Gasteiger partial charge in [0.25, 0.3) is 0 Å². The minimum absolute atomic E-state index is 0.482. The van der Waals surface area contributed by atoms with Gasteiger partial charge in [-0.05, 0) is 39.9 Å². The average molecular weight is 417 g/mol. The Balaban J connectivity index is 2.80. The highest BCUT2D eigenvalue weighted by Crippen LogP contribution is 2.37. The molecule has 0 spiro atoms. The lowest BCUT2D eigenvalue weighted by Crippen LogP contribution is -1.90. The molecule has 0 unspecified atom stereocenters. The lowest BCUT2D eigenvalue weighted by Gasteiger charge is -2.05. The monoisotopic (exact) mass is 416 g/mol. The van der Waals surface area contributed by atoms with Crippen molar-refractivity contribution in [3.8, 4) is 6.07 Å². The Morgan fingerprint density at radius 2 is 2.18 bits per heavy atom. The van der Waals surface area contributed by atoms with Gasteiger partial charge in [0.15, 0.2) is 0 Å². The number of benzene rings is 1. The molecule has 0 aliphatic heterocycles. The molecule has 0 aliphatic carbocycles. The largest absolute Gasteiger partial charge is 0.249 e. The first-order valence-corrected chi connectivity index (χ1v) is 7.80. The number of hydrogen-bond donors (Lipinski definition) is 0.